The third-order valence-electron chi connectivity index (χ3n) is 4.73. The lowest BCUT2D eigenvalue weighted by Crippen LogP contribution is -2.44. The van der Waals surface area contributed by atoms with Crippen LogP contribution in [0.1, 0.15) is 25.2 Å². The van der Waals surface area contributed by atoms with Crippen molar-refractivity contribution in [2.24, 2.45) is 0 Å². The highest BCUT2D eigenvalue weighted by molar-refractivity contribution is 5.81. The predicted molar refractivity (Wildman–Crippen MR) is 106 cm³/mol. The Balaban J connectivity index is 1.67. The normalized spacial score (nSPS) is 12.3. The van der Waals surface area contributed by atoms with Gasteiger partial charge < -0.3 is 10.3 Å². The molecule has 1 amide bonds. The van der Waals surface area contributed by atoms with Gasteiger partial charge in [0.25, 0.3) is 5.56 Å². The van der Waals surface area contributed by atoms with E-state index < -0.39 is 6.04 Å². The first-order valence-electron chi connectivity index (χ1n) is 9.22. The Labute approximate surface area is 162 Å². The molecule has 6 nitrogen and oxygen atoms in total. The van der Waals surface area contributed by atoms with Crippen LogP contribution in [0.3, 0.4) is 0 Å². The number of likely N-dealkylation sites (N-methyl/N-ethyl adjacent to an activating group) is 1. The topological polar surface area (TPSA) is 78.1 Å². The zero-order valence-electron chi connectivity index (χ0n) is 15.9. The van der Waals surface area contributed by atoms with Gasteiger partial charge >= 0.3 is 0 Å². The van der Waals surface area contributed by atoms with Crippen molar-refractivity contribution in [1.82, 2.24) is 20.2 Å². The number of halogens is 1. The van der Waals surface area contributed by atoms with Crippen molar-refractivity contribution in [2.75, 3.05) is 6.54 Å². The average molecular weight is 382 g/mol. The smallest absolute Gasteiger partial charge is 0.258 e. The zero-order chi connectivity index (χ0) is 20.1. The molecule has 0 aliphatic heterocycles. The number of nitrogens with zero attached hydrogens (tertiary/aromatic N) is 2. The molecule has 0 saturated heterocycles. The molecule has 2 N–H and O–H groups in total. The summed E-state index contributed by atoms with van der Waals surface area (Å²) in [6.45, 7) is 5.04. The number of amides is 1. The number of carbonyl (C=O) groups excluding carboxylic acids is 1. The van der Waals surface area contributed by atoms with Crippen molar-refractivity contribution in [2.45, 2.75) is 33.0 Å². The third kappa shape index (κ3) is 4.61. The number of aromatic amines is 1. The van der Waals surface area contributed by atoms with E-state index in [4.69, 9.17) is 0 Å². The number of H-pyrrole nitrogens is 1. The summed E-state index contributed by atoms with van der Waals surface area (Å²) >= 11 is 0. The monoisotopic (exact) mass is 382 g/mol. The molecular formula is C21H23FN4O2. The van der Waals surface area contributed by atoms with E-state index in [0.717, 1.165) is 5.56 Å². The lowest BCUT2D eigenvalue weighted by Gasteiger charge is -2.26. The molecule has 0 aliphatic carbocycles. The molecule has 7 heteroatoms. The predicted octanol–water partition coefficient (Wildman–Crippen LogP) is 2.59. The highest BCUT2D eigenvalue weighted by Gasteiger charge is 2.21. The summed E-state index contributed by atoms with van der Waals surface area (Å²) in [4.78, 5) is 34.0. The van der Waals surface area contributed by atoms with E-state index in [9.17, 15) is 14.0 Å². The number of rotatable bonds is 7. The standard InChI is InChI=1S/C21H23FN4O2/c1-3-26(13-19-24-18-7-5-4-6-17(18)21(28)25-19)14(2)20(27)23-12-15-8-10-16(22)11-9-15/h4-11,14H,3,12-13H2,1-2H3,(H,23,27)(H,24,25,28). The van der Waals surface area contributed by atoms with Gasteiger partial charge in [-0.1, -0.05) is 31.2 Å². The van der Waals surface area contributed by atoms with Crippen LogP contribution in [0.25, 0.3) is 10.9 Å². The van der Waals surface area contributed by atoms with Crippen LogP contribution in [0, 0.1) is 5.82 Å². The molecule has 28 heavy (non-hydrogen) atoms. The van der Waals surface area contributed by atoms with Gasteiger partial charge in [0.05, 0.1) is 23.5 Å². The molecule has 3 rings (SSSR count). The van der Waals surface area contributed by atoms with Crippen molar-refractivity contribution in [3.63, 3.8) is 0 Å². The summed E-state index contributed by atoms with van der Waals surface area (Å²) in [5.74, 6) is 0.0653. The SMILES string of the molecule is CCN(Cc1nc2ccccc2c(=O)[nH]1)C(C)C(=O)NCc1ccc(F)cc1. The van der Waals surface area contributed by atoms with Crippen molar-refractivity contribution >= 4 is 16.8 Å². The van der Waals surface area contributed by atoms with E-state index in [1.165, 1.54) is 12.1 Å². The highest BCUT2D eigenvalue weighted by Crippen LogP contribution is 2.09. The first-order chi connectivity index (χ1) is 13.5. The van der Waals surface area contributed by atoms with Crippen molar-refractivity contribution in [1.29, 1.82) is 0 Å². The van der Waals surface area contributed by atoms with Crippen LogP contribution in [-0.2, 0) is 17.9 Å². The Hall–Kier alpha value is -3.06. The molecule has 1 heterocycles. The van der Waals surface area contributed by atoms with Crippen LogP contribution in [0.15, 0.2) is 53.3 Å². The van der Waals surface area contributed by atoms with Crippen LogP contribution in [0.5, 0.6) is 0 Å². The summed E-state index contributed by atoms with van der Waals surface area (Å²) in [6.07, 6.45) is 0. The second kappa shape index (κ2) is 8.75. The van der Waals surface area contributed by atoms with Crippen LogP contribution >= 0.6 is 0 Å². The number of benzene rings is 2. The molecular weight excluding hydrogens is 359 g/mol. The van der Waals surface area contributed by atoms with Gasteiger partial charge in [-0.2, -0.15) is 0 Å². The Kier molecular flexibility index (Phi) is 6.16. The Morgan fingerprint density at radius 3 is 2.64 bits per heavy atom. The quantitative estimate of drug-likeness (QED) is 0.658. The number of nitrogens with one attached hydrogen (secondary N) is 2. The fourth-order valence-electron chi connectivity index (χ4n) is 3.03. The van der Waals surface area contributed by atoms with E-state index in [1.807, 2.05) is 24.8 Å². The number of aromatic nitrogens is 2. The second-order valence-corrected chi connectivity index (χ2v) is 6.61. The number of fused-ring (bicyclic) bond motifs is 1. The largest absolute Gasteiger partial charge is 0.351 e. The molecule has 2 aromatic carbocycles. The van der Waals surface area contributed by atoms with Gasteiger partial charge in [-0.15, -0.1) is 0 Å². The molecule has 0 spiro atoms. The van der Waals surface area contributed by atoms with Gasteiger partial charge in [0.15, 0.2) is 0 Å². The van der Waals surface area contributed by atoms with E-state index in [2.05, 4.69) is 15.3 Å². The minimum Gasteiger partial charge on any atom is -0.351 e. The van der Waals surface area contributed by atoms with Crippen LogP contribution in [0.2, 0.25) is 0 Å². The van der Waals surface area contributed by atoms with E-state index in [1.54, 1.807) is 30.3 Å². The maximum absolute atomic E-state index is 13.0. The average Bonchev–Trinajstić information content (AvgIpc) is 2.71. The Morgan fingerprint density at radius 2 is 1.93 bits per heavy atom. The number of para-hydroxylation sites is 1. The van der Waals surface area contributed by atoms with Gasteiger partial charge in [0, 0.05) is 6.54 Å². The fourth-order valence-corrected chi connectivity index (χ4v) is 3.03. The molecule has 1 atom stereocenters. The minimum atomic E-state index is -0.415. The molecule has 0 bridgehead atoms. The number of hydrogen-bond donors (Lipinski definition) is 2. The number of carbonyl (C=O) groups is 1. The van der Waals surface area contributed by atoms with Crippen molar-refractivity contribution < 1.29 is 9.18 Å². The van der Waals surface area contributed by atoms with Crippen LogP contribution in [0.4, 0.5) is 4.39 Å². The summed E-state index contributed by atoms with van der Waals surface area (Å²) in [6, 6.07) is 12.8. The lowest BCUT2D eigenvalue weighted by atomic mass is 10.2. The molecule has 1 unspecified atom stereocenters. The van der Waals surface area contributed by atoms with Gasteiger partial charge in [-0.25, -0.2) is 9.37 Å². The van der Waals surface area contributed by atoms with Crippen molar-refractivity contribution in [3.05, 3.63) is 76.1 Å². The highest BCUT2D eigenvalue weighted by atomic mass is 19.1. The van der Waals surface area contributed by atoms with Gasteiger partial charge in [0.2, 0.25) is 5.91 Å². The van der Waals surface area contributed by atoms with E-state index >= 15 is 0 Å². The van der Waals surface area contributed by atoms with Crippen LogP contribution in [-0.4, -0.2) is 33.4 Å². The first-order valence-corrected chi connectivity index (χ1v) is 9.22. The van der Waals surface area contributed by atoms with Gasteiger partial charge in [-0.05, 0) is 43.3 Å². The summed E-state index contributed by atoms with van der Waals surface area (Å²) in [5.41, 5.74) is 1.27. The van der Waals surface area contributed by atoms with Gasteiger partial charge in [-0.3, -0.25) is 14.5 Å². The van der Waals surface area contributed by atoms with Crippen LogP contribution < -0.4 is 10.9 Å². The first kappa shape index (κ1) is 19.7. The zero-order valence-corrected chi connectivity index (χ0v) is 15.9. The third-order valence-corrected chi connectivity index (χ3v) is 4.73. The summed E-state index contributed by atoms with van der Waals surface area (Å²) in [7, 11) is 0. The minimum absolute atomic E-state index is 0.144. The molecule has 1 aromatic heterocycles. The Bertz CT molecular complexity index is 1020. The maximum Gasteiger partial charge on any atom is 0.258 e. The molecule has 0 fully saturated rings. The maximum atomic E-state index is 13.0. The lowest BCUT2D eigenvalue weighted by molar-refractivity contribution is -0.126. The molecule has 3 aromatic rings. The molecule has 0 radical (unpaired) electrons. The summed E-state index contributed by atoms with van der Waals surface area (Å²) < 4.78 is 13.0. The number of hydrogen-bond acceptors (Lipinski definition) is 4. The van der Waals surface area contributed by atoms with E-state index in [-0.39, 0.29) is 17.3 Å². The molecule has 0 aliphatic rings. The van der Waals surface area contributed by atoms with Crippen molar-refractivity contribution in [3.8, 4) is 0 Å². The molecule has 0 saturated carbocycles. The second-order valence-electron chi connectivity index (χ2n) is 6.61. The van der Waals surface area contributed by atoms with Gasteiger partial charge in [0.1, 0.15) is 11.6 Å². The summed E-state index contributed by atoms with van der Waals surface area (Å²) in [5, 5.41) is 3.41. The molecule has 146 valence electrons. The fraction of sp³-hybridized carbons (Fsp3) is 0.286. The Morgan fingerprint density at radius 1 is 1.21 bits per heavy atom. The van der Waals surface area contributed by atoms with E-state index in [0.29, 0.717) is 36.4 Å².